The number of rotatable bonds is 2. The number of hydrogen-bond donors (Lipinski definition) is 1. The van der Waals surface area contributed by atoms with Crippen molar-refractivity contribution in [1.82, 2.24) is 15.0 Å². The van der Waals surface area contributed by atoms with E-state index >= 15 is 0 Å². The number of nitrogen functional groups attached to an aromatic ring is 1. The zero-order valence-corrected chi connectivity index (χ0v) is 30.7. The lowest BCUT2D eigenvalue weighted by atomic mass is 10.1. The van der Waals surface area contributed by atoms with Crippen molar-refractivity contribution in [2.24, 2.45) is 0 Å². The molecule has 0 atom stereocenters. The van der Waals surface area contributed by atoms with E-state index in [1.165, 1.54) is 16.7 Å². The van der Waals surface area contributed by atoms with Crippen LogP contribution < -0.4 is 5.73 Å². The highest BCUT2D eigenvalue weighted by Crippen LogP contribution is 2.37. The lowest BCUT2D eigenvalue weighted by Crippen LogP contribution is -1.92. The Hall–Kier alpha value is -4.93. The standard InChI is InChI=1S/C13H9BrN2.C13H8N2.C7H4IN.C5H5BrN2/c1-15-11-6-4-10(5-7-11)9-13-12(14)3-2-8-16-13;1-14-10-5-4-9-7-13-11(12(9)8-10)3-2-6-15-13;8-7-3-1-6(5-9)2-4-7;6-4-2-1-3-8-5(4)7/h2-8H,9H2;2-6,8H,7H2;1-4H;1-3H,(H2,7,8). The average Bonchev–Trinajstić information content (AvgIpc) is 3.50. The number of benzene rings is 3. The highest BCUT2D eigenvalue weighted by atomic mass is 127. The first-order valence-corrected chi connectivity index (χ1v) is 17.0. The minimum Gasteiger partial charge on any atom is -0.383 e. The lowest BCUT2D eigenvalue weighted by Gasteiger charge is -2.03. The molecule has 1 aliphatic rings. The Morgan fingerprint density at radius 2 is 1.38 bits per heavy atom. The van der Waals surface area contributed by atoms with Gasteiger partial charge in [-0.25, -0.2) is 14.7 Å². The predicted octanol–water partition coefficient (Wildman–Crippen LogP) is 10.8. The van der Waals surface area contributed by atoms with Crippen LogP contribution in [0.5, 0.6) is 0 Å². The van der Waals surface area contributed by atoms with Gasteiger partial charge in [0.25, 0.3) is 0 Å². The number of hydrogen-bond acceptors (Lipinski definition) is 5. The minimum absolute atomic E-state index is 0.535. The molecule has 0 saturated heterocycles. The fraction of sp³-hybridized carbons (Fsp3) is 0.0526. The van der Waals surface area contributed by atoms with Crippen molar-refractivity contribution >= 4 is 71.6 Å². The maximum absolute atomic E-state index is 8.38. The van der Waals surface area contributed by atoms with Gasteiger partial charge in [0.1, 0.15) is 5.82 Å². The fourth-order valence-corrected chi connectivity index (χ4v) is 5.41. The van der Waals surface area contributed by atoms with Crippen molar-refractivity contribution in [3.05, 3.63) is 185 Å². The molecule has 6 aromatic rings. The van der Waals surface area contributed by atoms with Gasteiger partial charge in [-0.3, -0.25) is 9.97 Å². The second-order valence-electron chi connectivity index (χ2n) is 10.0. The summed E-state index contributed by atoms with van der Waals surface area (Å²) in [5.41, 5.74) is 14.4. The minimum atomic E-state index is 0.535. The normalized spacial score (nSPS) is 10.0. The van der Waals surface area contributed by atoms with Crippen LogP contribution in [-0.4, -0.2) is 15.0 Å². The summed E-state index contributed by atoms with van der Waals surface area (Å²) >= 11 is 8.88. The molecule has 0 bridgehead atoms. The van der Waals surface area contributed by atoms with Crippen LogP contribution in [0.25, 0.3) is 20.8 Å². The van der Waals surface area contributed by atoms with Crippen LogP contribution in [0.1, 0.15) is 28.1 Å². The molecule has 0 unspecified atom stereocenters. The topological polar surface area (TPSA) is 97.2 Å². The van der Waals surface area contributed by atoms with Gasteiger partial charge in [-0.05, 0) is 132 Å². The van der Waals surface area contributed by atoms with E-state index in [0.29, 0.717) is 17.2 Å². The van der Waals surface area contributed by atoms with E-state index in [1.54, 1.807) is 12.4 Å². The van der Waals surface area contributed by atoms with Gasteiger partial charge in [0.05, 0.1) is 40.6 Å². The molecule has 3 aromatic carbocycles. The molecule has 48 heavy (non-hydrogen) atoms. The molecule has 7 nitrogen and oxygen atoms in total. The Morgan fingerprint density at radius 1 is 0.750 bits per heavy atom. The first-order valence-electron chi connectivity index (χ1n) is 14.3. The van der Waals surface area contributed by atoms with Gasteiger partial charge in [-0.2, -0.15) is 5.26 Å². The first kappa shape index (κ1) is 35.9. The van der Waals surface area contributed by atoms with Crippen molar-refractivity contribution in [2.75, 3.05) is 5.73 Å². The van der Waals surface area contributed by atoms with Crippen molar-refractivity contribution in [3.8, 4) is 17.2 Å². The molecule has 0 radical (unpaired) electrons. The summed E-state index contributed by atoms with van der Waals surface area (Å²) in [6.45, 7) is 13.9. The molecule has 10 heteroatoms. The molecule has 2 N–H and O–H groups in total. The van der Waals surface area contributed by atoms with Crippen LogP contribution in [0.2, 0.25) is 0 Å². The molecule has 3 aromatic heterocycles. The van der Waals surface area contributed by atoms with E-state index in [4.69, 9.17) is 24.1 Å². The first-order chi connectivity index (χ1) is 23.3. The van der Waals surface area contributed by atoms with Gasteiger partial charge >= 0.3 is 0 Å². The van der Waals surface area contributed by atoms with Crippen LogP contribution in [0, 0.1) is 28.0 Å². The number of anilines is 1. The van der Waals surface area contributed by atoms with E-state index in [-0.39, 0.29) is 0 Å². The van der Waals surface area contributed by atoms with Gasteiger partial charge in [0, 0.05) is 45.0 Å². The summed E-state index contributed by atoms with van der Waals surface area (Å²) < 4.78 is 3.02. The Balaban J connectivity index is 0.000000151. The molecule has 7 rings (SSSR count). The number of aromatic nitrogens is 3. The number of halogens is 3. The van der Waals surface area contributed by atoms with E-state index in [2.05, 4.69) is 91.2 Å². The van der Waals surface area contributed by atoms with E-state index in [1.807, 2.05) is 103 Å². The SMILES string of the molecule is N#Cc1ccc(I)cc1.Nc1ncccc1Br.[C-]#[N+]c1ccc(Cc2ncccc2Br)cc1.[C-]#[N+]c1ccc2c(c1)-c1cccnc1C2. The second-order valence-corrected chi connectivity index (χ2v) is 13.0. The van der Waals surface area contributed by atoms with Gasteiger partial charge in [0.15, 0.2) is 11.4 Å². The van der Waals surface area contributed by atoms with E-state index in [0.717, 1.165) is 47.9 Å². The van der Waals surface area contributed by atoms with Gasteiger partial charge in [0.2, 0.25) is 0 Å². The number of fused-ring (bicyclic) bond motifs is 3. The molecule has 0 aliphatic heterocycles. The molecule has 0 saturated carbocycles. The molecule has 1 aliphatic carbocycles. The lowest BCUT2D eigenvalue weighted by molar-refractivity contribution is 1.06. The number of nitrogens with two attached hydrogens (primary N) is 1. The van der Waals surface area contributed by atoms with Crippen LogP contribution in [-0.2, 0) is 12.8 Å². The van der Waals surface area contributed by atoms with Crippen molar-refractivity contribution in [2.45, 2.75) is 12.8 Å². The highest BCUT2D eigenvalue weighted by molar-refractivity contribution is 14.1. The zero-order chi connectivity index (χ0) is 34.3. The van der Waals surface area contributed by atoms with E-state index < -0.39 is 0 Å². The van der Waals surface area contributed by atoms with Crippen LogP contribution >= 0.6 is 54.5 Å². The smallest absolute Gasteiger partial charge is 0.187 e. The summed E-state index contributed by atoms with van der Waals surface area (Å²) in [7, 11) is 0. The number of nitrogens with zero attached hydrogens (tertiary/aromatic N) is 6. The zero-order valence-electron chi connectivity index (χ0n) is 25.4. The van der Waals surface area contributed by atoms with Crippen LogP contribution in [0.4, 0.5) is 17.2 Å². The number of nitriles is 1. The number of pyridine rings is 3. The Morgan fingerprint density at radius 3 is 1.98 bits per heavy atom. The second kappa shape index (κ2) is 18.4. The summed E-state index contributed by atoms with van der Waals surface area (Å²) in [5.74, 6) is 0.535. The summed E-state index contributed by atoms with van der Waals surface area (Å²) in [5, 5.41) is 8.38. The quantitative estimate of drug-likeness (QED) is 0.138. The van der Waals surface area contributed by atoms with Gasteiger partial charge in [-0.1, -0.05) is 42.5 Å². The largest absolute Gasteiger partial charge is 0.383 e. The van der Waals surface area contributed by atoms with Gasteiger partial charge in [-0.15, -0.1) is 0 Å². The monoisotopic (exact) mass is 865 g/mol. The van der Waals surface area contributed by atoms with E-state index in [9.17, 15) is 0 Å². The molecule has 3 heterocycles. The highest BCUT2D eigenvalue weighted by Gasteiger charge is 2.18. The molecule has 234 valence electrons. The third kappa shape index (κ3) is 10.5. The molecular formula is C38H26Br2IN7. The van der Waals surface area contributed by atoms with Crippen molar-refractivity contribution in [1.29, 1.82) is 5.26 Å². The fourth-order valence-electron chi connectivity index (χ4n) is 4.40. The van der Waals surface area contributed by atoms with Crippen LogP contribution in [0.15, 0.2) is 131 Å². The summed E-state index contributed by atoms with van der Waals surface area (Å²) in [6, 6.07) is 34.5. The predicted molar refractivity (Wildman–Crippen MR) is 206 cm³/mol. The third-order valence-electron chi connectivity index (χ3n) is 6.79. The van der Waals surface area contributed by atoms with Crippen molar-refractivity contribution < 1.29 is 0 Å². The summed E-state index contributed by atoms with van der Waals surface area (Å²) in [4.78, 5) is 19.3. The Bertz CT molecular complexity index is 2090. The van der Waals surface area contributed by atoms with Gasteiger partial charge < -0.3 is 5.73 Å². The van der Waals surface area contributed by atoms with Crippen molar-refractivity contribution in [3.63, 3.8) is 0 Å². The molecule has 0 fully saturated rings. The average molecular weight is 867 g/mol. The Labute approximate surface area is 310 Å². The molecule has 0 amide bonds. The third-order valence-corrected chi connectivity index (χ3v) is 8.90. The molecule has 0 spiro atoms. The Kier molecular flexibility index (Phi) is 13.8. The maximum atomic E-state index is 8.38. The molecular weight excluding hydrogens is 841 g/mol. The summed E-state index contributed by atoms with van der Waals surface area (Å²) in [6.07, 6.45) is 6.93. The maximum Gasteiger partial charge on any atom is 0.187 e. The van der Waals surface area contributed by atoms with Crippen LogP contribution in [0.3, 0.4) is 0 Å².